The van der Waals surface area contributed by atoms with E-state index < -0.39 is 11.7 Å². The molecule has 0 spiro atoms. The van der Waals surface area contributed by atoms with Gasteiger partial charge < -0.3 is 14.4 Å². The molecule has 1 aliphatic heterocycles. The van der Waals surface area contributed by atoms with Gasteiger partial charge in [-0.25, -0.2) is 14.6 Å². The number of likely N-dealkylation sites (tertiary alicyclic amines) is 1. The molecule has 8 nitrogen and oxygen atoms in total. The monoisotopic (exact) mass is 507 g/mol. The van der Waals surface area contributed by atoms with Gasteiger partial charge in [-0.15, -0.1) is 0 Å². The van der Waals surface area contributed by atoms with Crippen LogP contribution in [0.5, 0.6) is 0 Å². The predicted octanol–water partition coefficient (Wildman–Crippen LogP) is 5.64. The summed E-state index contributed by atoms with van der Waals surface area (Å²) in [4.78, 5) is 39.8. The van der Waals surface area contributed by atoms with E-state index in [4.69, 9.17) is 9.47 Å². The standard InChI is InChI=1S/C29H37N3O5/c1-29(2,3)37-28(35)32(25-10-7-11-25)30-26(33)24-14-12-22(13-15-24)23-16-18-31(19-17-23)27(34)36-20-21-8-5-4-6-9-21/h4-6,8-9,12-15,23,25H,7,10-11,16-20H2,1-3H3,(H,30,33). The van der Waals surface area contributed by atoms with E-state index in [9.17, 15) is 14.4 Å². The van der Waals surface area contributed by atoms with Crippen molar-refractivity contribution in [3.63, 3.8) is 0 Å². The third-order valence-corrected chi connectivity index (χ3v) is 6.85. The highest BCUT2D eigenvalue weighted by Gasteiger charge is 2.34. The number of carbonyl (C=O) groups excluding carboxylic acids is 3. The average molecular weight is 508 g/mol. The molecule has 0 radical (unpaired) electrons. The van der Waals surface area contributed by atoms with Crippen molar-refractivity contribution in [1.82, 2.24) is 15.3 Å². The van der Waals surface area contributed by atoms with Gasteiger partial charge in [-0.05, 0) is 82.1 Å². The highest BCUT2D eigenvalue weighted by Crippen LogP contribution is 2.29. The van der Waals surface area contributed by atoms with Crippen molar-refractivity contribution < 1.29 is 23.9 Å². The minimum atomic E-state index is -0.639. The van der Waals surface area contributed by atoms with Crippen LogP contribution in [0.4, 0.5) is 9.59 Å². The van der Waals surface area contributed by atoms with Gasteiger partial charge in [-0.3, -0.25) is 10.2 Å². The summed E-state index contributed by atoms with van der Waals surface area (Å²) in [5.74, 6) is -0.0242. The second kappa shape index (κ2) is 11.7. The van der Waals surface area contributed by atoms with Gasteiger partial charge >= 0.3 is 12.2 Å². The molecule has 3 amide bonds. The molecule has 1 aliphatic carbocycles. The molecule has 0 aromatic heterocycles. The lowest BCUT2D eigenvalue weighted by Crippen LogP contribution is -2.55. The Kier molecular flexibility index (Phi) is 8.36. The molecule has 2 fully saturated rings. The maximum absolute atomic E-state index is 12.9. The van der Waals surface area contributed by atoms with E-state index >= 15 is 0 Å². The molecule has 0 bridgehead atoms. The van der Waals surface area contributed by atoms with E-state index in [1.165, 1.54) is 5.01 Å². The summed E-state index contributed by atoms with van der Waals surface area (Å²) < 4.78 is 11.0. The molecular weight excluding hydrogens is 470 g/mol. The van der Waals surface area contributed by atoms with E-state index in [1.807, 2.05) is 63.2 Å². The Morgan fingerprint density at radius 2 is 1.59 bits per heavy atom. The third kappa shape index (κ3) is 7.24. The fourth-order valence-electron chi connectivity index (χ4n) is 4.53. The van der Waals surface area contributed by atoms with Gasteiger partial charge in [0, 0.05) is 18.7 Å². The van der Waals surface area contributed by atoms with Crippen molar-refractivity contribution in [3.8, 4) is 0 Å². The molecule has 1 saturated heterocycles. The molecule has 2 aliphatic rings. The van der Waals surface area contributed by atoms with E-state index in [2.05, 4.69) is 5.43 Å². The van der Waals surface area contributed by atoms with Crippen molar-refractivity contribution in [3.05, 3.63) is 71.3 Å². The maximum atomic E-state index is 12.9. The topological polar surface area (TPSA) is 88.2 Å². The predicted molar refractivity (Wildman–Crippen MR) is 140 cm³/mol. The van der Waals surface area contributed by atoms with Gasteiger partial charge in [0.2, 0.25) is 0 Å². The van der Waals surface area contributed by atoms with Crippen LogP contribution in [0.25, 0.3) is 0 Å². The number of rotatable bonds is 5. The highest BCUT2D eigenvalue weighted by atomic mass is 16.6. The highest BCUT2D eigenvalue weighted by molar-refractivity contribution is 5.95. The van der Waals surface area contributed by atoms with Gasteiger partial charge in [-0.1, -0.05) is 42.5 Å². The number of amides is 3. The summed E-state index contributed by atoms with van der Waals surface area (Å²) in [5, 5.41) is 1.34. The van der Waals surface area contributed by atoms with Crippen molar-refractivity contribution in [2.75, 3.05) is 13.1 Å². The van der Waals surface area contributed by atoms with Crippen LogP contribution in [-0.4, -0.2) is 52.7 Å². The Hall–Kier alpha value is -3.55. The Balaban J connectivity index is 1.28. The molecule has 198 valence electrons. The van der Waals surface area contributed by atoms with Crippen LogP contribution in [0.1, 0.15) is 80.3 Å². The minimum Gasteiger partial charge on any atom is -0.445 e. The normalized spacial score (nSPS) is 16.5. The zero-order chi connectivity index (χ0) is 26.4. The molecule has 8 heteroatoms. The van der Waals surface area contributed by atoms with E-state index in [1.54, 1.807) is 17.0 Å². The first-order valence-corrected chi connectivity index (χ1v) is 13.1. The first-order valence-electron chi connectivity index (χ1n) is 13.1. The molecule has 4 rings (SSSR count). The van der Waals surface area contributed by atoms with E-state index in [0.29, 0.717) is 24.6 Å². The number of hydrogen-bond acceptors (Lipinski definition) is 5. The maximum Gasteiger partial charge on any atom is 0.429 e. The van der Waals surface area contributed by atoms with Crippen molar-refractivity contribution in [1.29, 1.82) is 0 Å². The summed E-state index contributed by atoms with van der Waals surface area (Å²) in [6, 6.07) is 17.1. The number of hydrazine groups is 1. The Labute approximate surface area is 218 Å². The number of nitrogens with one attached hydrogen (secondary N) is 1. The molecule has 1 N–H and O–H groups in total. The van der Waals surface area contributed by atoms with E-state index in [0.717, 1.165) is 43.2 Å². The van der Waals surface area contributed by atoms with Crippen LogP contribution in [0.2, 0.25) is 0 Å². The zero-order valence-corrected chi connectivity index (χ0v) is 21.9. The quantitative estimate of drug-likeness (QED) is 0.530. The first-order chi connectivity index (χ1) is 17.7. The second-order valence-corrected chi connectivity index (χ2v) is 10.8. The number of ether oxygens (including phenoxy) is 2. The number of hydrogen-bond donors (Lipinski definition) is 1. The molecule has 0 atom stereocenters. The largest absolute Gasteiger partial charge is 0.445 e. The Morgan fingerprint density at radius 3 is 2.16 bits per heavy atom. The van der Waals surface area contributed by atoms with Crippen molar-refractivity contribution in [2.24, 2.45) is 0 Å². The van der Waals surface area contributed by atoms with Gasteiger partial charge in [-0.2, -0.15) is 0 Å². The average Bonchev–Trinajstić information content (AvgIpc) is 2.85. The van der Waals surface area contributed by atoms with Crippen molar-refractivity contribution >= 4 is 18.1 Å². The SMILES string of the molecule is CC(C)(C)OC(=O)N(NC(=O)c1ccc(C2CCN(C(=O)OCc3ccccc3)CC2)cc1)C1CCC1. The lowest BCUT2D eigenvalue weighted by Gasteiger charge is -2.37. The molecule has 37 heavy (non-hydrogen) atoms. The summed E-state index contributed by atoms with van der Waals surface area (Å²) >= 11 is 0. The Bertz CT molecular complexity index is 1070. The van der Waals surface area contributed by atoms with Crippen LogP contribution in [0, 0.1) is 0 Å². The van der Waals surface area contributed by atoms with Crippen LogP contribution >= 0.6 is 0 Å². The minimum absolute atomic E-state index is 0.0392. The lowest BCUT2D eigenvalue weighted by molar-refractivity contribution is -0.00825. The van der Waals surface area contributed by atoms with Crippen LogP contribution in [-0.2, 0) is 16.1 Å². The number of nitrogens with zero attached hydrogens (tertiary/aromatic N) is 2. The molecule has 2 aromatic carbocycles. The lowest BCUT2D eigenvalue weighted by atomic mass is 9.89. The fourth-order valence-corrected chi connectivity index (χ4v) is 4.53. The number of piperidine rings is 1. The number of carbonyl (C=O) groups is 3. The fraction of sp³-hybridized carbons (Fsp3) is 0.483. The third-order valence-electron chi connectivity index (χ3n) is 6.85. The smallest absolute Gasteiger partial charge is 0.429 e. The summed E-state index contributed by atoms with van der Waals surface area (Å²) in [5.41, 5.74) is 4.71. The van der Waals surface area contributed by atoms with Gasteiger partial charge in [0.1, 0.15) is 12.2 Å². The molecule has 2 aromatic rings. The van der Waals surface area contributed by atoms with Crippen LogP contribution in [0.3, 0.4) is 0 Å². The van der Waals surface area contributed by atoms with Gasteiger partial charge in [0.25, 0.3) is 5.91 Å². The van der Waals surface area contributed by atoms with Crippen molar-refractivity contribution in [2.45, 2.75) is 77.0 Å². The second-order valence-electron chi connectivity index (χ2n) is 10.8. The van der Waals surface area contributed by atoms with E-state index in [-0.39, 0.29) is 24.6 Å². The molecule has 1 saturated carbocycles. The first kappa shape index (κ1) is 26.5. The van der Waals surface area contributed by atoms with Gasteiger partial charge in [0.05, 0.1) is 6.04 Å². The zero-order valence-electron chi connectivity index (χ0n) is 21.9. The summed E-state index contributed by atoms with van der Waals surface area (Å²) in [7, 11) is 0. The Morgan fingerprint density at radius 1 is 0.946 bits per heavy atom. The van der Waals surface area contributed by atoms with Crippen LogP contribution < -0.4 is 5.43 Å². The molecule has 0 unspecified atom stereocenters. The molecule has 1 heterocycles. The van der Waals surface area contributed by atoms with Gasteiger partial charge in [0.15, 0.2) is 0 Å². The molecular formula is C29H37N3O5. The van der Waals surface area contributed by atoms with Crippen LogP contribution in [0.15, 0.2) is 54.6 Å². The summed E-state index contributed by atoms with van der Waals surface area (Å²) in [6.45, 7) is 6.96. The summed E-state index contributed by atoms with van der Waals surface area (Å²) in [6.07, 6.45) is 3.57. The number of benzene rings is 2.